The fourth-order valence-corrected chi connectivity index (χ4v) is 2.78. The lowest BCUT2D eigenvalue weighted by Crippen LogP contribution is -2.32. The van der Waals surface area contributed by atoms with Crippen LogP contribution in [0.15, 0.2) is 18.5 Å². The number of nitrogens with zero attached hydrogens (tertiary/aromatic N) is 2. The zero-order valence-corrected chi connectivity index (χ0v) is 15.7. The van der Waals surface area contributed by atoms with Crippen molar-refractivity contribution in [3.05, 3.63) is 29.2 Å². The molecule has 0 saturated heterocycles. The highest BCUT2D eigenvalue weighted by atomic mass is 35.5. The topological polar surface area (TPSA) is 61.0 Å². The third-order valence-corrected chi connectivity index (χ3v) is 5.46. The van der Waals surface area contributed by atoms with E-state index in [0.29, 0.717) is 22.9 Å². The Morgan fingerprint density at radius 2 is 2.09 bits per heavy atom. The van der Waals surface area contributed by atoms with E-state index in [-0.39, 0.29) is 0 Å². The second-order valence-electron chi connectivity index (χ2n) is 5.98. The Labute approximate surface area is 147 Å². The van der Waals surface area contributed by atoms with Gasteiger partial charge in [-0.15, -0.1) is 0 Å². The molecule has 0 aliphatic rings. The number of thioether (sulfide) groups is 1. The zero-order valence-electron chi connectivity index (χ0n) is 14.1. The molecule has 2 aromatic rings. The van der Waals surface area contributed by atoms with Crippen molar-refractivity contribution in [1.29, 1.82) is 0 Å². The Morgan fingerprint density at radius 1 is 1.35 bits per heavy atom. The molecular weight excluding hydrogens is 330 g/mol. The average Bonchev–Trinajstić information content (AvgIpc) is 2.54. The summed E-state index contributed by atoms with van der Waals surface area (Å²) < 4.78 is 5.88. The molecule has 2 atom stereocenters. The third-order valence-electron chi connectivity index (χ3n) is 4.22. The minimum Gasteiger partial charge on any atom is -0.477 e. The highest BCUT2D eigenvalue weighted by Crippen LogP contribution is 2.33. The van der Waals surface area contributed by atoms with Crippen molar-refractivity contribution in [2.75, 3.05) is 12.9 Å². The Bertz CT molecular complexity index is 678. The summed E-state index contributed by atoms with van der Waals surface area (Å²) in [6.07, 6.45) is 7.39. The van der Waals surface area contributed by atoms with E-state index in [9.17, 15) is 0 Å². The van der Waals surface area contributed by atoms with E-state index >= 15 is 0 Å². The van der Waals surface area contributed by atoms with Crippen molar-refractivity contribution in [3.8, 4) is 5.88 Å². The van der Waals surface area contributed by atoms with E-state index in [0.717, 1.165) is 29.2 Å². The van der Waals surface area contributed by atoms with Gasteiger partial charge >= 0.3 is 0 Å². The van der Waals surface area contributed by atoms with Crippen molar-refractivity contribution in [2.24, 2.45) is 5.73 Å². The predicted molar refractivity (Wildman–Crippen MR) is 99.5 cm³/mol. The minimum atomic E-state index is -0.470. The quantitative estimate of drug-likeness (QED) is 0.748. The molecule has 0 radical (unpaired) electrons. The van der Waals surface area contributed by atoms with Gasteiger partial charge in [-0.2, -0.15) is 11.8 Å². The van der Waals surface area contributed by atoms with Crippen LogP contribution in [0.3, 0.4) is 0 Å². The van der Waals surface area contributed by atoms with Gasteiger partial charge in [0, 0.05) is 23.2 Å². The lowest BCUT2D eigenvalue weighted by molar-refractivity contribution is 0.303. The molecule has 23 heavy (non-hydrogen) atoms. The van der Waals surface area contributed by atoms with Crippen LogP contribution in [0.4, 0.5) is 0 Å². The molecule has 0 fully saturated rings. The molecule has 2 aromatic heterocycles. The summed E-state index contributed by atoms with van der Waals surface area (Å²) in [5, 5.41) is 2.81. The van der Waals surface area contributed by atoms with E-state index in [2.05, 4.69) is 30.1 Å². The van der Waals surface area contributed by atoms with Crippen molar-refractivity contribution in [3.63, 3.8) is 0 Å². The largest absolute Gasteiger partial charge is 0.477 e. The summed E-state index contributed by atoms with van der Waals surface area (Å²) in [4.78, 5) is 8.66. The van der Waals surface area contributed by atoms with Crippen LogP contribution in [-0.2, 0) is 5.54 Å². The van der Waals surface area contributed by atoms with Gasteiger partial charge in [0.15, 0.2) is 0 Å². The first kappa shape index (κ1) is 18.3. The molecule has 0 aliphatic heterocycles. The molecule has 0 aliphatic carbocycles. The molecule has 0 bridgehead atoms. The molecule has 0 spiro atoms. The molecular formula is C17H24ClN3OS. The van der Waals surface area contributed by atoms with Crippen LogP contribution >= 0.6 is 23.4 Å². The molecule has 0 saturated carbocycles. The van der Waals surface area contributed by atoms with E-state index in [4.69, 9.17) is 22.1 Å². The maximum absolute atomic E-state index is 6.41. The number of hydrogen-bond donors (Lipinski definition) is 1. The molecule has 0 amide bonds. The van der Waals surface area contributed by atoms with Gasteiger partial charge in [-0.3, -0.25) is 0 Å². The van der Waals surface area contributed by atoms with Crippen molar-refractivity contribution < 1.29 is 4.74 Å². The van der Waals surface area contributed by atoms with Crippen molar-refractivity contribution in [2.45, 2.75) is 44.4 Å². The van der Waals surface area contributed by atoms with Crippen LogP contribution in [0.2, 0.25) is 5.15 Å². The van der Waals surface area contributed by atoms with E-state index < -0.39 is 5.54 Å². The first-order valence-electron chi connectivity index (χ1n) is 7.78. The third kappa shape index (κ3) is 4.28. The predicted octanol–water partition coefficient (Wildman–Crippen LogP) is 4.39. The normalized spacial score (nSPS) is 15.4. The van der Waals surface area contributed by atoms with E-state index in [1.807, 2.05) is 24.8 Å². The summed E-state index contributed by atoms with van der Waals surface area (Å²) >= 11 is 7.91. The molecule has 6 heteroatoms. The summed E-state index contributed by atoms with van der Waals surface area (Å²) in [6, 6.07) is 1.84. The molecule has 1 unspecified atom stereocenters. The molecule has 0 aromatic carbocycles. The maximum Gasteiger partial charge on any atom is 0.222 e. The summed E-state index contributed by atoms with van der Waals surface area (Å²) in [5.41, 5.74) is 6.91. The van der Waals surface area contributed by atoms with Gasteiger partial charge in [0.1, 0.15) is 5.15 Å². The number of rotatable bonds is 7. The molecule has 126 valence electrons. The number of nitrogens with two attached hydrogens (primary N) is 1. The number of fused-ring (bicyclic) bond motifs is 1. The Morgan fingerprint density at radius 3 is 2.74 bits per heavy atom. The van der Waals surface area contributed by atoms with Crippen LogP contribution in [0, 0.1) is 0 Å². The van der Waals surface area contributed by atoms with Gasteiger partial charge in [-0.1, -0.05) is 25.4 Å². The highest BCUT2D eigenvalue weighted by Gasteiger charge is 2.23. The Balaban J connectivity index is 2.39. The van der Waals surface area contributed by atoms with Crippen molar-refractivity contribution >= 4 is 34.1 Å². The molecule has 2 heterocycles. The molecule has 2 rings (SSSR count). The van der Waals surface area contributed by atoms with Gasteiger partial charge in [0.25, 0.3) is 0 Å². The van der Waals surface area contributed by atoms with E-state index in [1.54, 1.807) is 12.4 Å². The van der Waals surface area contributed by atoms with Gasteiger partial charge in [0.05, 0.1) is 12.0 Å². The second-order valence-corrected chi connectivity index (χ2v) is 7.65. The van der Waals surface area contributed by atoms with Crippen LogP contribution in [-0.4, -0.2) is 28.1 Å². The highest BCUT2D eigenvalue weighted by molar-refractivity contribution is 7.99. The Kier molecular flexibility index (Phi) is 6.12. The molecule has 4 nitrogen and oxygen atoms in total. The Hall–Kier alpha value is -1.04. The maximum atomic E-state index is 6.41. The first-order valence-corrected chi connectivity index (χ1v) is 9.44. The lowest BCUT2D eigenvalue weighted by atomic mass is 9.89. The van der Waals surface area contributed by atoms with Crippen LogP contribution in [0.25, 0.3) is 10.8 Å². The summed E-state index contributed by atoms with van der Waals surface area (Å²) in [7, 11) is 0. The first-order chi connectivity index (χ1) is 10.9. The van der Waals surface area contributed by atoms with Crippen molar-refractivity contribution in [1.82, 2.24) is 9.97 Å². The SMILES string of the molecule is CC[C@@](C)(N)c1cnc(OCCC(C)SC)c2cnc(Cl)cc12. The van der Waals surface area contributed by atoms with Gasteiger partial charge in [0.2, 0.25) is 5.88 Å². The number of pyridine rings is 2. The second kappa shape index (κ2) is 7.69. The zero-order chi connectivity index (χ0) is 17.0. The van der Waals surface area contributed by atoms with Gasteiger partial charge in [-0.05, 0) is 43.0 Å². The summed E-state index contributed by atoms with van der Waals surface area (Å²) in [5.74, 6) is 0.591. The van der Waals surface area contributed by atoms with Crippen LogP contribution in [0.5, 0.6) is 5.88 Å². The van der Waals surface area contributed by atoms with Crippen LogP contribution in [0.1, 0.15) is 39.2 Å². The summed E-state index contributed by atoms with van der Waals surface area (Å²) in [6.45, 7) is 6.87. The fraction of sp³-hybridized carbons (Fsp3) is 0.529. The van der Waals surface area contributed by atoms with E-state index in [1.165, 1.54) is 0 Å². The lowest BCUT2D eigenvalue weighted by Gasteiger charge is -2.25. The monoisotopic (exact) mass is 353 g/mol. The smallest absolute Gasteiger partial charge is 0.222 e. The number of ether oxygens (including phenoxy) is 1. The minimum absolute atomic E-state index is 0.443. The van der Waals surface area contributed by atoms with Gasteiger partial charge in [-0.25, -0.2) is 9.97 Å². The molecule has 2 N–H and O–H groups in total. The fourth-order valence-electron chi connectivity index (χ4n) is 2.29. The van der Waals surface area contributed by atoms with Gasteiger partial charge < -0.3 is 10.5 Å². The average molecular weight is 354 g/mol. The number of hydrogen-bond acceptors (Lipinski definition) is 5. The standard InChI is InChI=1S/C17H24ClN3OS/c1-5-17(3,19)14-10-21-16(22-7-6-11(2)23-4)13-9-20-15(18)8-12(13)14/h8-11H,5-7,19H2,1-4H3/t11?,17-/m1/s1. The number of aromatic nitrogens is 2. The number of halogens is 1. The van der Waals surface area contributed by atoms with Crippen LogP contribution < -0.4 is 10.5 Å².